The number of rotatable bonds is 2. The van der Waals surface area contributed by atoms with Crippen LogP contribution in [0.25, 0.3) is 11.1 Å². The van der Waals surface area contributed by atoms with Crippen molar-refractivity contribution in [2.45, 2.75) is 13.8 Å². The third kappa shape index (κ3) is 2.62. The quantitative estimate of drug-likeness (QED) is 0.530. The predicted molar refractivity (Wildman–Crippen MR) is 98.3 cm³/mol. The first-order valence-electron chi connectivity index (χ1n) is 6.58. The number of thiol groups is 1. The molecule has 0 aromatic carbocycles. The maximum atomic E-state index is 14.6. The van der Waals surface area contributed by atoms with E-state index in [-0.39, 0.29) is 5.71 Å². The first-order valence-corrected chi connectivity index (χ1v) is 8.61. The molecule has 0 radical (unpaired) electrons. The Bertz CT molecular complexity index is 852. The fourth-order valence-electron chi connectivity index (χ4n) is 2.32. The van der Waals surface area contributed by atoms with E-state index < -0.39 is 5.83 Å². The second kappa shape index (κ2) is 5.95. The molecule has 6 heteroatoms. The van der Waals surface area contributed by atoms with Crippen LogP contribution < -0.4 is 0 Å². The van der Waals surface area contributed by atoms with Gasteiger partial charge in [-0.05, 0) is 57.0 Å². The largest absolute Gasteiger partial charge is 0.298 e. The normalized spacial score (nSPS) is 17.4. The number of thiophene rings is 2. The van der Waals surface area contributed by atoms with Crippen LogP contribution in [0.5, 0.6) is 0 Å². The summed E-state index contributed by atoms with van der Waals surface area (Å²) in [5.74, 6) is -0.395. The van der Waals surface area contributed by atoms with Gasteiger partial charge in [0, 0.05) is 25.1 Å². The Morgan fingerprint density at radius 3 is 2.14 bits per heavy atom. The Morgan fingerprint density at radius 2 is 1.64 bits per heavy atom. The Hall–Kier alpha value is -1.50. The second-order valence-corrected chi connectivity index (χ2v) is 7.70. The summed E-state index contributed by atoms with van der Waals surface area (Å²) < 4.78 is 18.6. The Morgan fingerprint density at radius 1 is 1.05 bits per heavy atom. The molecule has 1 N–H and O–H groups in total. The highest BCUT2D eigenvalue weighted by Crippen LogP contribution is 2.37. The van der Waals surface area contributed by atoms with Gasteiger partial charge in [0.15, 0.2) is 0 Å². The van der Waals surface area contributed by atoms with E-state index in [0.717, 1.165) is 19.5 Å². The maximum absolute atomic E-state index is 14.6. The van der Waals surface area contributed by atoms with E-state index in [2.05, 4.69) is 17.2 Å². The molecule has 0 atom stereocenters. The lowest BCUT2D eigenvalue weighted by molar-refractivity contribution is 0.673. The number of halogens is 1. The number of allylic oxidation sites excluding steroid dienone is 4. The lowest BCUT2D eigenvalue weighted by atomic mass is 9.91. The lowest BCUT2D eigenvalue weighted by Crippen LogP contribution is -2.20. The molecule has 0 bridgehead atoms. The zero-order chi connectivity index (χ0) is 15.9. The van der Waals surface area contributed by atoms with E-state index in [0.29, 0.717) is 16.9 Å². The molecule has 22 heavy (non-hydrogen) atoms. The fraction of sp³-hybridized carbons (Fsp3) is 0.125. The van der Waals surface area contributed by atoms with Crippen LogP contribution >= 0.6 is 35.5 Å². The highest BCUT2D eigenvalue weighted by Gasteiger charge is 2.28. The van der Waals surface area contributed by atoms with Crippen LogP contribution in [-0.2, 0) is 0 Å². The molecule has 112 valence electrons. The summed E-state index contributed by atoms with van der Waals surface area (Å²) in [7, 11) is 0. The van der Waals surface area contributed by atoms with Crippen molar-refractivity contribution >= 4 is 58.1 Å². The molecule has 2 heterocycles. The van der Waals surface area contributed by atoms with Crippen molar-refractivity contribution in [2.24, 2.45) is 4.40 Å². The topological polar surface area (TPSA) is 36.2 Å². The van der Waals surface area contributed by atoms with E-state index in [9.17, 15) is 4.39 Å². The second-order valence-electron chi connectivity index (χ2n) is 4.93. The van der Waals surface area contributed by atoms with Crippen molar-refractivity contribution in [2.75, 3.05) is 0 Å². The van der Waals surface area contributed by atoms with Crippen molar-refractivity contribution in [1.29, 1.82) is 5.41 Å². The van der Waals surface area contributed by atoms with Crippen LogP contribution in [0, 0.1) is 19.3 Å². The van der Waals surface area contributed by atoms with Gasteiger partial charge >= 0.3 is 0 Å². The van der Waals surface area contributed by atoms with Crippen molar-refractivity contribution < 1.29 is 4.39 Å². The van der Waals surface area contributed by atoms with Gasteiger partial charge in [-0.15, -0.1) is 22.7 Å². The molecule has 0 aliphatic heterocycles. The summed E-state index contributed by atoms with van der Waals surface area (Å²) >= 11 is 7.02. The van der Waals surface area contributed by atoms with Crippen LogP contribution in [0.15, 0.2) is 40.6 Å². The van der Waals surface area contributed by atoms with Gasteiger partial charge < -0.3 is 0 Å². The molecule has 0 saturated carbocycles. The molecule has 0 unspecified atom stereocenters. The smallest absolute Gasteiger partial charge is 0.134 e. The predicted octanol–water partition coefficient (Wildman–Crippen LogP) is 5.51. The van der Waals surface area contributed by atoms with E-state index >= 15 is 0 Å². The highest BCUT2D eigenvalue weighted by molar-refractivity contribution is 7.79. The molecular weight excluding hydrogens is 335 g/mol. The Balaban J connectivity index is 2.17. The molecule has 1 aliphatic rings. The molecule has 3 rings (SSSR count). The molecule has 0 spiro atoms. The summed E-state index contributed by atoms with van der Waals surface area (Å²) in [6, 6.07) is 7.66. The van der Waals surface area contributed by atoms with Gasteiger partial charge in [0.1, 0.15) is 11.5 Å². The minimum atomic E-state index is -0.395. The summed E-state index contributed by atoms with van der Waals surface area (Å²) in [5.41, 5.74) is 1.40. The van der Waals surface area contributed by atoms with Crippen LogP contribution in [0.3, 0.4) is 0 Å². The van der Waals surface area contributed by atoms with E-state index in [1.54, 1.807) is 11.3 Å². The van der Waals surface area contributed by atoms with Crippen LogP contribution in [0.1, 0.15) is 19.5 Å². The zero-order valence-electron chi connectivity index (χ0n) is 12.0. The number of nitrogens with zero attached hydrogens (tertiary/aromatic N) is 1. The van der Waals surface area contributed by atoms with E-state index in [1.807, 2.05) is 38.1 Å². The maximum Gasteiger partial charge on any atom is 0.134 e. The summed E-state index contributed by atoms with van der Waals surface area (Å²) in [6.07, 6.45) is 1.46. The molecule has 2 nitrogen and oxygen atoms in total. The minimum absolute atomic E-state index is 0.0814. The first kappa shape index (κ1) is 15.4. The molecule has 1 aliphatic carbocycles. The van der Waals surface area contributed by atoms with Gasteiger partial charge in [-0.2, -0.15) is 0 Å². The van der Waals surface area contributed by atoms with Crippen molar-refractivity contribution in [1.82, 2.24) is 0 Å². The van der Waals surface area contributed by atoms with Gasteiger partial charge in [0.2, 0.25) is 0 Å². The van der Waals surface area contributed by atoms with Crippen molar-refractivity contribution in [3.05, 3.63) is 55.7 Å². The molecule has 2 aromatic heterocycles. The zero-order valence-corrected chi connectivity index (χ0v) is 14.5. The number of hydrogen-bond acceptors (Lipinski definition) is 5. The van der Waals surface area contributed by atoms with Crippen LogP contribution in [0.2, 0.25) is 0 Å². The fourth-order valence-corrected chi connectivity index (χ4v) is 4.33. The van der Waals surface area contributed by atoms with Crippen molar-refractivity contribution in [3.63, 3.8) is 0 Å². The molecular formula is C16H13FN2S3. The molecule has 0 amide bonds. The molecule has 0 saturated heterocycles. The average molecular weight is 348 g/mol. The number of nitrogens with one attached hydrogen (secondary N) is 1. The van der Waals surface area contributed by atoms with Gasteiger partial charge in [-0.1, -0.05) is 0 Å². The third-order valence-corrected chi connectivity index (χ3v) is 5.60. The summed E-state index contributed by atoms with van der Waals surface area (Å²) in [6.45, 7) is 3.95. The standard InChI is InChI=1S/C16H13FN2S3/c1-8-3-5-12(21-8)10-7-11(17)14(15(18)16(10)19-20)13-6-4-9(2)22-13/h3-7,18,20H,1-2H3/b18-15?,19-16-. The van der Waals surface area contributed by atoms with Gasteiger partial charge in [-0.3, -0.25) is 5.41 Å². The molecule has 0 fully saturated rings. The Labute approximate surface area is 141 Å². The van der Waals surface area contributed by atoms with Gasteiger partial charge in [-0.25, -0.2) is 8.79 Å². The van der Waals surface area contributed by atoms with E-state index in [4.69, 9.17) is 5.41 Å². The van der Waals surface area contributed by atoms with Crippen molar-refractivity contribution in [3.8, 4) is 0 Å². The average Bonchev–Trinajstić information content (AvgIpc) is 3.07. The highest BCUT2D eigenvalue weighted by atomic mass is 32.1. The monoisotopic (exact) mass is 348 g/mol. The summed E-state index contributed by atoms with van der Waals surface area (Å²) in [4.78, 5) is 3.85. The third-order valence-electron chi connectivity index (χ3n) is 3.34. The van der Waals surface area contributed by atoms with Crippen LogP contribution in [-0.4, -0.2) is 11.4 Å². The minimum Gasteiger partial charge on any atom is -0.298 e. The number of hydrogen-bond donors (Lipinski definition) is 2. The molecule has 2 aromatic rings. The van der Waals surface area contributed by atoms with E-state index in [1.165, 1.54) is 17.4 Å². The number of aryl methyl sites for hydroxylation is 2. The lowest BCUT2D eigenvalue weighted by Gasteiger charge is -2.17. The first-order chi connectivity index (χ1) is 10.5. The van der Waals surface area contributed by atoms with Gasteiger partial charge in [0.25, 0.3) is 0 Å². The Kier molecular flexibility index (Phi) is 4.16. The SMILES string of the molecule is Cc1ccc(C2=CC(F)=C(c3ccc(C)s3)C(=N)/C2=N\S)s1. The van der Waals surface area contributed by atoms with Gasteiger partial charge in [0.05, 0.1) is 11.3 Å². The van der Waals surface area contributed by atoms with Crippen LogP contribution in [0.4, 0.5) is 4.39 Å². The summed E-state index contributed by atoms with van der Waals surface area (Å²) in [5, 5.41) is 8.36.